The van der Waals surface area contributed by atoms with E-state index in [9.17, 15) is 4.79 Å². The van der Waals surface area contributed by atoms with E-state index in [2.05, 4.69) is 47.3 Å². The van der Waals surface area contributed by atoms with Crippen LogP contribution < -0.4 is 4.74 Å². The minimum Gasteiger partial charge on any atom is -0.494 e. The summed E-state index contributed by atoms with van der Waals surface area (Å²) in [6.07, 6.45) is 27.3. The quantitative estimate of drug-likeness (QED) is 0.0961. The molecule has 3 saturated carbocycles. The summed E-state index contributed by atoms with van der Waals surface area (Å²) in [6.45, 7) is 17.1. The van der Waals surface area contributed by atoms with E-state index in [0.29, 0.717) is 11.0 Å². The van der Waals surface area contributed by atoms with E-state index >= 15 is 0 Å². The van der Waals surface area contributed by atoms with Gasteiger partial charge in [-0.3, -0.25) is 0 Å². The number of esters is 1. The van der Waals surface area contributed by atoms with Crippen LogP contribution in [0.1, 0.15) is 161 Å². The van der Waals surface area contributed by atoms with Gasteiger partial charge in [0.25, 0.3) is 0 Å². The number of allylic oxidation sites excluding steroid dienone is 2. The van der Waals surface area contributed by atoms with E-state index in [1.54, 1.807) is 5.57 Å². The third-order valence-electron chi connectivity index (χ3n) is 13.7. The molecule has 1 unspecified atom stereocenters. The number of unbranched alkanes of at least 4 members (excludes halogenated alkanes) is 6. The van der Waals surface area contributed by atoms with Crippen molar-refractivity contribution in [3.63, 3.8) is 0 Å². The molecular weight excluding hydrogens is 576 g/mol. The number of hydrogen-bond donors (Lipinski definition) is 0. The lowest BCUT2D eigenvalue weighted by Gasteiger charge is -2.58. The van der Waals surface area contributed by atoms with E-state index in [0.717, 1.165) is 80.0 Å². The maximum absolute atomic E-state index is 13.2. The molecule has 0 bridgehead atoms. The Hall–Kier alpha value is -2.03. The number of ether oxygens (including phenoxy) is 2. The van der Waals surface area contributed by atoms with Crippen LogP contribution in [0.4, 0.5) is 0 Å². The third-order valence-corrected chi connectivity index (χ3v) is 13.7. The Morgan fingerprint density at radius 3 is 2.38 bits per heavy atom. The lowest BCUT2D eigenvalue weighted by atomic mass is 9.47. The molecule has 3 fully saturated rings. The SMILES string of the molecule is C=CCCCCCCCCOc1ccc(C(=O)OC2CC[C@@]3(C)C(=CC[C@H]4[C@@H]5CC[C@H]([C@H](C)CCCC(C)C)[C@@]5(C)CC[C@@H]43)C2)cc1. The van der Waals surface area contributed by atoms with Crippen LogP contribution in [-0.2, 0) is 4.74 Å². The monoisotopic (exact) mass is 645 g/mol. The number of carbonyl (C=O) groups is 1. The second-order valence-electron chi connectivity index (χ2n) is 17.1. The van der Waals surface area contributed by atoms with Crippen molar-refractivity contribution in [1.29, 1.82) is 0 Å². The van der Waals surface area contributed by atoms with Gasteiger partial charge in [-0.2, -0.15) is 0 Å². The Balaban J connectivity index is 1.09. The second-order valence-corrected chi connectivity index (χ2v) is 17.1. The maximum Gasteiger partial charge on any atom is 0.338 e. The molecule has 1 aromatic carbocycles. The lowest BCUT2D eigenvalue weighted by molar-refractivity contribution is -0.0594. The van der Waals surface area contributed by atoms with Crippen molar-refractivity contribution < 1.29 is 14.3 Å². The van der Waals surface area contributed by atoms with Crippen LogP contribution in [0.25, 0.3) is 0 Å². The minimum atomic E-state index is -0.191. The molecule has 5 rings (SSSR count). The summed E-state index contributed by atoms with van der Waals surface area (Å²) in [4.78, 5) is 13.2. The second kappa shape index (κ2) is 16.6. The fourth-order valence-corrected chi connectivity index (χ4v) is 10.9. The highest BCUT2D eigenvalue weighted by Crippen LogP contribution is 2.67. The maximum atomic E-state index is 13.2. The van der Waals surface area contributed by atoms with Gasteiger partial charge < -0.3 is 9.47 Å². The summed E-state index contributed by atoms with van der Waals surface area (Å²) in [7, 11) is 0. The number of hydrogen-bond acceptors (Lipinski definition) is 3. The molecule has 0 radical (unpaired) electrons. The normalized spacial score (nSPS) is 32.1. The largest absolute Gasteiger partial charge is 0.494 e. The van der Waals surface area contributed by atoms with Crippen LogP contribution in [0.5, 0.6) is 5.75 Å². The predicted molar refractivity (Wildman–Crippen MR) is 197 cm³/mol. The van der Waals surface area contributed by atoms with Crippen LogP contribution in [0.15, 0.2) is 48.6 Å². The molecule has 1 aromatic rings. The molecule has 262 valence electrons. The van der Waals surface area contributed by atoms with Crippen LogP contribution in [0.2, 0.25) is 0 Å². The van der Waals surface area contributed by atoms with E-state index in [1.807, 2.05) is 30.3 Å². The molecule has 0 spiro atoms. The summed E-state index contributed by atoms with van der Waals surface area (Å²) in [6, 6.07) is 7.58. The molecule has 3 nitrogen and oxygen atoms in total. The Kier molecular flexibility index (Phi) is 12.8. The molecule has 4 aliphatic carbocycles. The van der Waals surface area contributed by atoms with Crippen LogP contribution in [0, 0.1) is 46.3 Å². The first kappa shape index (κ1) is 36.3. The van der Waals surface area contributed by atoms with Crippen molar-refractivity contribution in [3.05, 3.63) is 54.1 Å². The van der Waals surface area contributed by atoms with E-state index in [1.165, 1.54) is 83.5 Å². The first-order valence-electron chi connectivity index (χ1n) is 19.9. The zero-order chi connectivity index (χ0) is 33.4. The molecule has 0 aliphatic heterocycles. The Labute approximate surface area is 288 Å². The van der Waals surface area contributed by atoms with Gasteiger partial charge in [0.2, 0.25) is 0 Å². The molecule has 0 aromatic heterocycles. The van der Waals surface area contributed by atoms with Gasteiger partial charge in [0.15, 0.2) is 0 Å². The zero-order valence-corrected chi connectivity index (χ0v) is 30.9. The highest BCUT2D eigenvalue weighted by atomic mass is 16.5. The summed E-state index contributed by atoms with van der Waals surface area (Å²) in [5, 5.41) is 0. The average Bonchev–Trinajstić information content (AvgIpc) is 3.41. The van der Waals surface area contributed by atoms with E-state index in [4.69, 9.17) is 9.47 Å². The van der Waals surface area contributed by atoms with Crippen molar-refractivity contribution in [2.45, 2.75) is 156 Å². The van der Waals surface area contributed by atoms with Crippen molar-refractivity contribution in [2.75, 3.05) is 6.61 Å². The van der Waals surface area contributed by atoms with Crippen molar-refractivity contribution in [1.82, 2.24) is 0 Å². The van der Waals surface area contributed by atoms with Gasteiger partial charge in [0.1, 0.15) is 11.9 Å². The lowest BCUT2D eigenvalue weighted by Crippen LogP contribution is -2.51. The molecule has 0 amide bonds. The fourth-order valence-electron chi connectivity index (χ4n) is 10.9. The molecule has 0 N–H and O–H groups in total. The van der Waals surface area contributed by atoms with Gasteiger partial charge in [-0.1, -0.05) is 97.3 Å². The first-order valence-corrected chi connectivity index (χ1v) is 19.9. The van der Waals surface area contributed by atoms with Crippen LogP contribution in [0.3, 0.4) is 0 Å². The fraction of sp³-hybridized carbons (Fsp3) is 0.750. The third kappa shape index (κ3) is 8.59. The molecule has 4 aliphatic rings. The molecule has 47 heavy (non-hydrogen) atoms. The van der Waals surface area contributed by atoms with Gasteiger partial charge in [-0.25, -0.2) is 4.79 Å². The van der Waals surface area contributed by atoms with Gasteiger partial charge in [0.05, 0.1) is 12.2 Å². The Morgan fingerprint density at radius 1 is 0.894 bits per heavy atom. The van der Waals surface area contributed by atoms with Gasteiger partial charge in [0, 0.05) is 6.42 Å². The van der Waals surface area contributed by atoms with Crippen LogP contribution in [-0.4, -0.2) is 18.7 Å². The topological polar surface area (TPSA) is 35.5 Å². The van der Waals surface area contributed by atoms with Gasteiger partial charge >= 0.3 is 5.97 Å². The van der Waals surface area contributed by atoms with Crippen molar-refractivity contribution in [2.24, 2.45) is 46.3 Å². The predicted octanol–water partition coefficient (Wildman–Crippen LogP) is 12.5. The highest BCUT2D eigenvalue weighted by molar-refractivity contribution is 5.89. The standard InChI is InChI=1S/C44H68O3/c1-7-8-9-10-11-12-13-14-30-46-36-21-18-34(19-22-36)42(45)47-37-26-28-43(5)35(31-37)20-23-38-40-25-24-39(33(4)17-15-16-32(2)3)44(40,6)29-27-41(38)43/h7,18-22,32-33,37-41H,1,8-17,23-31H2,2-6H3/t33-,37?,38+,39-,40+,41+,43+,44-/m1/s1. The van der Waals surface area contributed by atoms with Gasteiger partial charge in [-0.05, 0) is 135 Å². The molecule has 3 heteroatoms. The minimum absolute atomic E-state index is 0.0116. The van der Waals surface area contributed by atoms with Crippen molar-refractivity contribution in [3.8, 4) is 5.75 Å². The Morgan fingerprint density at radius 2 is 1.64 bits per heavy atom. The van der Waals surface area contributed by atoms with Gasteiger partial charge in [-0.15, -0.1) is 6.58 Å². The Bertz CT molecular complexity index is 1180. The average molecular weight is 645 g/mol. The number of carbonyl (C=O) groups excluding carboxylic acids is 1. The van der Waals surface area contributed by atoms with Crippen LogP contribution >= 0.6 is 0 Å². The molecule has 0 saturated heterocycles. The van der Waals surface area contributed by atoms with E-state index < -0.39 is 0 Å². The van der Waals surface area contributed by atoms with E-state index in [-0.39, 0.29) is 17.5 Å². The summed E-state index contributed by atoms with van der Waals surface area (Å²) in [5.74, 6) is 5.74. The number of fused-ring (bicyclic) bond motifs is 5. The highest BCUT2D eigenvalue weighted by Gasteiger charge is 2.59. The molecular formula is C44H68O3. The number of benzene rings is 1. The summed E-state index contributed by atoms with van der Waals surface area (Å²) < 4.78 is 12.1. The molecule has 8 atom stereocenters. The summed E-state index contributed by atoms with van der Waals surface area (Å²) >= 11 is 0. The first-order chi connectivity index (χ1) is 22.7. The molecule has 0 heterocycles. The van der Waals surface area contributed by atoms with Crippen molar-refractivity contribution >= 4 is 5.97 Å². The zero-order valence-electron chi connectivity index (χ0n) is 30.9. The smallest absolute Gasteiger partial charge is 0.338 e. The number of rotatable bonds is 17. The summed E-state index contributed by atoms with van der Waals surface area (Å²) in [5.41, 5.74) is 3.02.